The lowest BCUT2D eigenvalue weighted by Gasteiger charge is -2.06. The van der Waals surface area contributed by atoms with Crippen LogP contribution in [-0.2, 0) is 16.6 Å². The SMILES string of the molecule is O=S(=O)(NCc1ncccc1F)c1ccccc1. The second kappa shape index (κ2) is 5.24. The zero-order chi connectivity index (χ0) is 13.0. The standard InChI is InChI=1S/C12H11FN2O2S/c13-11-7-4-8-14-12(11)9-15-18(16,17)10-5-2-1-3-6-10/h1-8,15H,9H2. The molecule has 4 nitrogen and oxygen atoms in total. The molecule has 0 aliphatic heterocycles. The number of nitrogens with one attached hydrogen (secondary N) is 1. The van der Waals surface area contributed by atoms with E-state index in [9.17, 15) is 12.8 Å². The summed E-state index contributed by atoms with van der Waals surface area (Å²) >= 11 is 0. The lowest BCUT2D eigenvalue weighted by atomic mass is 10.3. The van der Waals surface area contributed by atoms with Crippen LogP contribution in [0.15, 0.2) is 53.6 Å². The van der Waals surface area contributed by atoms with Gasteiger partial charge in [-0.3, -0.25) is 4.98 Å². The van der Waals surface area contributed by atoms with Crippen molar-refractivity contribution in [3.8, 4) is 0 Å². The fourth-order valence-corrected chi connectivity index (χ4v) is 2.40. The second-order valence-electron chi connectivity index (χ2n) is 3.57. The van der Waals surface area contributed by atoms with Crippen molar-refractivity contribution in [2.45, 2.75) is 11.4 Å². The summed E-state index contributed by atoms with van der Waals surface area (Å²) in [5, 5.41) is 0. The zero-order valence-corrected chi connectivity index (χ0v) is 10.2. The van der Waals surface area contributed by atoms with Gasteiger partial charge in [0.2, 0.25) is 10.0 Å². The van der Waals surface area contributed by atoms with Gasteiger partial charge < -0.3 is 0 Å². The summed E-state index contributed by atoms with van der Waals surface area (Å²) in [6.07, 6.45) is 1.41. The van der Waals surface area contributed by atoms with Gasteiger partial charge in [-0.05, 0) is 24.3 Å². The highest BCUT2D eigenvalue weighted by Gasteiger charge is 2.14. The summed E-state index contributed by atoms with van der Waals surface area (Å²) in [7, 11) is -3.63. The smallest absolute Gasteiger partial charge is 0.240 e. The Morgan fingerprint density at radius 3 is 2.50 bits per heavy atom. The van der Waals surface area contributed by atoms with Crippen LogP contribution in [0.4, 0.5) is 4.39 Å². The molecule has 94 valence electrons. The lowest BCUT2D eigenvalue weighted by molar-refractivity contribution is 0.569. The van der Waals surface area contributed by atoms with Crippen molar-refractivity contribution in [2.75, 3.05) is 0 Å². The normalized spacial score (nSPS) is 11.4. The molecule has 0 fully saturated rings. The number of aromatic nitrogens is 1. The Balaban J connectivity index is 2.14. The maximum atomic E-state index is 13.3. The molecule has 18 heavy (non-hydrogen) atoms. The van der Waals surface area contributed by atoms with Gasteiger partial charge in [-0.15, -0.1) is 0 Å². The first-order valence-corrected chi connectivity index (χ1v) is 6.72. The topological polar surface area (TPSA) is 59.1 Å². The Labute approximate surface area is 105 Å². The van der Waals surface area contributed by atoms with Crippen LogP contribution in [0.5, 0.6) is 0 Å². The first-order chi connectivity index (χ1) is 8.59. The number of halogens is 1. The molecule has 2 rings (SSSR count). The van der Waals surface area contributed by atoms with E-state index in [1.807, 2.05) is 0 Å². The second-order valence-corrected chi connectivity index (χ2v) is 5.34. The van der Waals surface area contributed by atoms with Crippen LogP contribution in [0.3, 0.4) is 0 Å². The molecular weight excluding hydrogens is 255 g/mol. The van der Waals surface area contributed by atoms with Gasteiger partial charge in [0.15, 0.2) is 0 Å². The molecule has 0 radical (unpaired) electrons. The molecule has 0 bridgehead atoms. The molecule has 1 heterocycles. The predicted molar refractivity (Wildman–Crippen MR) is 64.7 cm³/mol. The maximum Gasteiger partial charge on any atom is 0.240 e. The number of rotatable bonds is 4. The van der Waals surface area contributed by atoms with Crippen molar-refractivity contribution in [2.24, 2.45) is 0 Å². The molecule has 1 aromatic carbocycles. The molecule has 0 saturated carbocycles. The zero-order valence-electron chi connectivity index (χ0n) is 9.38. The number of benzene rings is 1. The molecule has 2 aromatic rings. The molecule has 0 spiro atoms. The Kier molecular flexibility index (Phi) is 3.69. The van der Waals surface area contributed by atoms with Crippen LogP contribution in [0, 0.1) is 5.82 Å². The van der Waals surface area contributed by atoms with E-state index in [-0.39, 0.29) is 17.1 Å². The third-order valence-corrected chi connectivity index (χ3v) is 3.73. The molecule has 1 N–H and O–H groups in total. The minimum absolute atomic E-state index is 0.0667. The predicted octanol–water partition coefficient (Wildman–Crippen LogP) is 1.70. The minimum Gasteiger partial charge on any atom is -0.257 e. The highest BCUT2D eigenvalue weighted by Crippen LogP contribution is 2.09. The van der Waals surface area contributed by atoms with Crippen molar-refractivity contribution in [3.63, 3.8) is 0 Å². The summed E-state index contributed by atoms with van der Waals surface area (Å²) in [6, 6.07) is 10.6. The molecule has 0 amide bonds. The molecule has 0 unspecified atom stereocenters. The maximum absolute atomic E-state index is 13.3. The van der Waals surface area contributed by atoms with Gasteiger partial charge in [0.05, 0.1) is 17.1 Å². The molecular formula is C12H11FN2O2S. The fourth-order valence-electron chi connectivity index (χ4n) is 1.39. The van der Waals surface area contributed by atoms with E-state index in [1.165, 1.54) is 30.5 Å². The third-order valence-electron chi connectivity index (χ3n) is 2.32. The first kappa shape index (κ1) is 12.7. The number of sulfonamides is 1. The van der Waals surface area contributed by atoms with Crippen molar-refractivity contribution in [1.29, 1.82) is 0 Å². The van der Waals surface area contributed by atoms with E-state index in [4.69, 9.17) is 0 Å². The van der Waals surface area contributed by atoms with Crippen LogP contribution in [0.2, 0.25) is 0 Å². The van der Waals surface area contributed by atoms with Gasteiger partial charge in [0.1, 0.15) is 5.82 Å². The van der Waals surface area contributed by atoms with Crippen molar-refractivity contribution >= 4 is 10.0 Å². The first-order valence-electron chi connectivity index (χ1n) is 5.24. The number of pyridine rings is 1. The van der Waals surface area contributed by atoms with E-state index in [1.54, 1.807) is 18.2 Å². The summed E-state index contributed by atoms with van der Waals surface area (Å²) in [4.78, 5) is 3.91. The van der Waals surface area contributed by atoms with E-state index in [0.29, 0.717) is 0 Å². The summed E-state index contributed by atoms with van der Waals surface area (Å²) in [5.41, 5.74) is 0.0667. The van der Waals surface area contributed by atoms with Gasteiger partial charge in [0.25, 0.3) is 0 Å². The Hall–Kier alpha value is -1.79. The molecule has 0 atom stereocenters. The van der Waals surface area contributed by atoms with Gasteiger partial charge in [-0.1, -0.05) is 18.2 Å². The lowest BCUT2D eigenvalue weighted by Crippen LogP contribution is -2.24. The Morgan fingerprint density at radius 1 is 1.11 bits per heavy atom. The van der Waals surface area contributed by atoms with Crippen LogP contribution in [-0.4, -0.2) is 13.4 Å². The van der Waals surface area contributed by atoms with Gasteiger partial charge in [0, 0.05) is 6.20 Å². The molecule has 0 aliphatic rings. The third kappa shape index (κ3) is 2.91. The molecule has 6 heteroatoms. The van der Waals surface area contributed by atoms with E-state index >= 15 is 0 Å². The van der Waals surface area contributed by atoms with Crippen LogP contribution >= 0.6 is 0 Å². The molecule has 0 aliphatic carbocycles. The highest BCUT2D eigenvalue weighted by atomic mass is 32.2. The number of hydrogen-bond donors (Lipinski definition) is 1. The number of nitrogens with zero attached hydrogens (tertiary/aromatic N) is 1. The highest BCUT2D eigenvalue weighted by molar-refractivity contribution is 7.89. The molecule has 0 saturated heterocycles. The van der Waals surface area contributed by atoms with Crippen LogP contribution in [0.1, 0.15) is 5.69 Å². The Bertz CT molecular complexity index is 630. The average Bonchev–Trinajstić information content (AvgIpc) is 2.39. The summed E-state index contributed by atoms with van der Waals surface area (Å²) in [5.74, 6) is -0.534. The number of hydrogen-bond acceptors (Lipinski definition) is 3. The van der Waals surface area contributed by atoms with Gasteiger partial charge in [-0.2, -0.15) is 0 Å². The van der Waals surface area contributed by atoms with E-state index < -0.39 is 15.8 Å². The quantitative estimate of drug-likeness (QED) is 0.916. The molecule has 1 aromatic heterocycles. The summed E-state index contributed by atoms with van der Waals surface area (Å²) < 4.78 is 39.3. The van der Waals surface area contributed by atoms with Gasteiger partial charge in [-0.25, -0.2) is 17.5 Å². The van der Waals surface area contributed by atoms with Crippen LogP contribution < -0.4 is 4.72 Å². The monoisotopic (exact) mass is 266 g/mol. The van der Waals surface area contributed by atoms with Gasteiger partial charge >= 0.3 is 0 Å². The van der Waals surface area contributed by atoms with E-state index in [0.717, 1.165) is 0 Å². The van der Waals surface area contributed by atoms with E-state index in [2.05, 4.69) is 9.71 Å². The largest absolute Gasteiger partial charge is 0.257 e. The fraction of sp³-hybridized carbons (Fsp3) is 0.0833. The van der Waals surface area contributed by atoms with Crippen LogP contribution in [0.25, 0.3) is 0 Å². The van der Waals surface area contributed by atoms with Crippen molar-refractivity contribution in [3.05, 3.63) is 60.2 Å². The van der Waals surface area contributed by atoms with Crippen molar-refractivity contribution < 1.29 is 12.8 Å². The van der Waals surface area contributed by atoms with Crippen molar-refractivity contribution in [1.82, 2.24) is 9.71 Å². The average molecular weight is 266 g/mol. The summed E-state index contributed by atoms with van der Waals surface area (Å²) in [6.45, 7) is -0.177. The minimum atomic E-state index is -3.63. The Morgan fingerprint density at radius 2 is 1.83 bits per heavy atom.